The molecule has 0 saturated heterocycles. The van der Waals surface area contributed by atoms with Crippen LogP contribution < -0.4 is 15.0 Å². The van der Waals surface area contributed by atoms with E-state index in [1.165, 1.54) is 17.0 Å². The molecule has 0 aliphatic carbocycles. The normalized spacial score (nSPS) is 16.7. The molecule has 2 aromatic rings. The molecule has 0 bridgehead atoms. The van der Waals surface area contributed by atoms with Gasteiger partial charge < -0.3 is 15.0 Å². The molecule has 0 fully saturated rings. The largest absolute Gasteiger partial charge is 0.495 e. The van der Waals surface area contributed by atoms with Gasteiger partial charge in [0.25, 0.3) is 5.91 Å². The maximum Gasteiger partial charge on any atom is 0.253 e. The van der Waals surface area contributed by atoms with E-state index in [-0.39, 0.29) is 11.7 Å². The van der Waals surface area contributed by atoms with E-state index in [9.17, 15) is 9.18 Å². The number of hydrogen-bond acceptors (Lipinski definition) is 3. The number of benzene rings is 2. The summed E-state index contributed by atoms with van der Waals surface area (Å²) in [6, 6.07) is 13.1. The molecule has 1 N–H and O–H groups in total. The summed E-state index contributed by atoms with van der Waals surface area (Å²) in [6.07, 6.45) is 0. The van der Waals surface area contributed by atoms with Crippen molar-refractivity contribution >= 4 is 28.9 Å². The molecule has 1 atom stereocenters. The molecular weight excluding hydrogens is 377 g/mol. The molecule has 0 radical (unpaired) electrons. The number of likely N-dealkylation sites (N-methyl/N-ethyl adjacent to an activating group) is 1. The van der Waals surface area contributed by atoms with Crippen molar-refractivity contribution in [2.75, 3.05) is 26.1 Å². The summed E-state index contributed by atoms with van der Waals surface area (Å²) >= 11 is 5.62. The minimum atomic E-state index is -0.552. The Morgan fingerprint density at radius 1 is 1.21 bits per heavy atom. The Bertz CT molecular complexity index is 958. The first-order valence-corrected chi connectivity index (χ1v) is 9.17. The molecule has 1 aliphatic rings. The number of amides is 1. The Balaban J connectivity index is 2.20. The van der Waals surface area contributed by atoms with E-state index in [2.05, 4.69) is 5.32 Å². The zero-order valence-electron chi connectivity index (χ0n) is 16.2. The Morgan fingerprint density at radius 3 is 2.57 bits per heavy atom. The third-order valence-corrected chi connectivity index (χ3v) is 4.93. The van der Waals surface area contributed by atoms with Gasteiger partial charge in [0, 0.05) is 19.8 Å². The number of nitrogens with one attached hydrogen (secondary N) is 1. The number of methoxy groups -OCH3 is 1. The van der Waals surface area contributed by atoms with E-state index in [1.807, 2.05) is 31.2 Å². The van der Waals surface area contributed by atoms with E-state index >= 15 is 0 Å². The van der Waals surface area contributed by atoms with Crippen molar-refractivity contribution in [2.24, 2.45) is 0 Å². The Kier molecular flexibility index (Phi) is 5.65. The fourth-order valence-corrected chi connectivity index (χ4v) is 3.65. The molecule has 146 valence electrons. The van der Waals surface area contributed by atoms with Crippen LogP contribution in [0, 0.1) is 5.82 Å². The van der Waals surface area contributed by atoms with Gasteiger partial charge in [-0.2, -0.15) is 0 Å². The summed E-state index contributed by atoms with van der Waals surface area (Å²) in [6.45, 7) is 1.84. The van der Waals surface area contributed by atoms with Crippen molar-refractivity contribution in [3.05, 3.63) is 71.2 Å². The van der Waals surface area contributed by atoms with Crippen LogP contribution in [0.4, 0.5) is 10.1 Å². The van der Waals surface area contributed by atoms with Crippen LogP contribution in [0.15, 0.2) is 59.8 Å². The van der Waals surface area contributed by atoms with E-state index in [0.29, 0.717) is 27.7 Å². The number of thiocarbonyl (C=S) groups is 1. The number of nitrogens with zero attached hydrogens (tertiary/aromatic N) is 2. The predicted octanol–water partition coefficient (Wildman–Crippen LogP) is 3.63. The Labute approximate surface area is 169 Å². The van der Waals surface area contributed by atoms with Crippen LogP contribution >= 0.6 is 12.2 Å². The van der Waals surface area contributed by atoms with Crippen LogP contribution in [0.1, 0.15) is 18.5 Å². The van der Waals surface area contributed by atoms with Crippen molar-refractivity contribution in [1.29, 1.82) is 0 Å². The lowest BCUT2D eigenvalue weighted by Crippen LogP contribution is -2.49. The van der Waals surface area contributed by atoms with Gasteiger partial charge in [0.15, 0.2) is 5.11 Å². The van der Waals surface area contributed by atoms with Crippen LogP contribution in [0.2, 0.25) is 0 Å². The average Bonchev–Trinajstić information content (AvgIpc) is 2.67. The second kappa shape index (κ2) is 7.98. The van der Waals surface area contributed by atoms with Crippen LogP contribution in [-0.4, -0.2) is 37.1 Å². The fraction of sp³-hybridized carbons (Fsp3) is 0.238. The zero-order chi connectivity index (χ0) is 20.4. The van der Waals surface area contributed by atoms with E-state index in [1.54, 1.807) is 38.2 Å². The number of allylic oxidation sites excluding steroid dienone is 1. The maximum atomic E-state index is 13.8. The van der Waals surface area contributed by atoms with Crippen LogP contribution in [0.25, 0.3) is 0 Å². The van der Waals surface area contributed by atoms with Gasteiger partial charge >= 0.3 is 0 Å². The quantitative estimate of drug-likeness (QED) is 0.796. The molecule has 2 aromatic carbocycles. The molecule has 3 rings (SSSR count). The summed E-state index contributed by atoms with van der Waals surface area (Å²) in [5.74, 6) is 0.0835. The van der Waals surface area contributed by atoms with Crippen molar-refractivity contribution in [3.63, 3.8) is 0 Å². The van der Waals surface area contributed by atoms with Crippen LogP contribution in [-0.2, 0) is 4.79 Å². The summed E-state index contributed by atoms with van der Waals surface area (Å²) < 4.78 is 19.3. The molecule has 7 heteroatoms. The second-order valence-electron chi connectivity index (χ2n) is 6.64. The number of para-hydroxylation sites is 2. The standard InChI is InChI=1S/C21H22FN3O2S/c1-13-18(20(26)24(2)3)19(14-8-7-9-15(22)12-14)23-21(28)25(13)16-10-5-6-11-17(16)27-4/h5-12,19H,1-4H3,(H,23,28)/t19-/m0/s1. The Hall–Kier alpha value is -2.93. The highest BCUT2D eigenvalue weighted by molar-refractivity contribution is 7.80. The topological polar surface area (TPSA) is 44.8 Å². The van der Waals surface area contributed by atoms with Gasteiger partial charge in [-0.05, 0) is 49.0 Å². The van der Waals surface area contributed by atoms with Gasteiger partial charge in [-0.3, -0.25) is 9.69 Å². The predicted molar refractivity (Wildman–Crippen MR) is 112 cm³/mol. The van der Waals surface area contributed by atoms with Crippen molar-refractivity contribution in [2.45, 2.75) is 13.0 Å². The van der Waals surface area contributed by atoms with E-state index < -0.39 is 6.04 Å². The number of carbonyl (C=O) groups excluding carboxylic acids is 1. The summed E-state index contributed by atoms with van der Waals surface area (Å²) in [4.78, 5) is 16.3. The van der Waals surface area contributed by atoms with Crippen LogP contribution in [0.5, 0.6) is 5.75 Å². The summed E-state index contributed by atoms with van der Waals surface area (Å²) in [7, 11) is 4.96. The molecular formula is C21H22FN3O2S. The average molecular weight is 399 g/mol. The SMILES string of the molecule is COc1ccccc1N1C(=S)N[C@@H](c2cccc(F)c2)C(C(=O)N(C)C)=C1C. The number of rotatable bonds is 4. The lowest BCUT2D eigenvalue weighted by molar-refractivity contribution is -0.125. The number of hydrogen-bond donors (Lipinski definition) is 1. The highest BCUT2D eigenvalue weighted by Gasteiger charge is 2.36. The van der Waals surface area contributed by atoms with Gasteiger partial charge in [0.2, 0.25) is 0 Å². The maximum absolute atomic E-state index is 13.8. The van der Waals surface area contributed by atoms with Crippen molar-refractivity contribution < 1.29 is 13.9 Å². The van der Waals surface area contributed by atoms with Crippen molar-refractivity contribution in [3.8, 4) is 5.75 Å². The smallest absolute Gasteiger partial charge is 0.253 e. The van der Waals surface area contributed by atoms with E-state index in [4.69, 9.17) is 17.0 Å². The molecule has 28 heavy (non-hydrogen) atoms. The number of carbonyl (C=O) groups is 1. The highest BCUT2D eigenvalue weighted by atomic mass is 32.1. The minimum absolute atomic E-state index is 0.179. The first kappa shape index (κ1) is 19.8. The molecule has 5 nitrogen and oxygen atoms in total. The van der Waals surface area contributed by atoms with Gasteiger partial charge in [-0.1, -0.05) is 24.3 Å². The number of ether oxygens (including phenoxy) is 1. The van der Waals surface area contributed by atoms with Gasteiger partial charge in [0.05, 0.1) is 24.4 Å². The second-order valence-corrected chi connectivity index (χ2v) is 7.03. The van der Waals surface area contributed by atoms with Crippen LogP contribution in [0.3, 0.4) is 0 Å². The van der Waals surface area contributed by atoms with Gasteiger partial charge in [-0.15, -0.1) is 0 Å². The first-order valence-electron chi connectivity index (χ1n) is 8.76. The molecule has 1 aliphatic heterocycles. The van der Waals surface area contributed by atoms with Gasteiger partial charge in [-0.25, -0.2) is 4.39 Å². The molecule has 1 heterocycles. The molecule has 0 saturated carbocycles. The first-order chi connectivity index (χ1) is 13.3. The highest BCUT2D eigenvalue weighted by Crippen LogP contribution is 2.37. The summed E-state index contributed by atoms with van der Waals surface area (Å²) in [5.41, 5.74) is 2.52. The van der Waals surface area contributed by atoms with Gasteiger partial charge in [0.1, 0.15) is 11.6 Å². The third-order valence-electron chi connectivity index (χ3n) is 4.63. The number of halogens is 1. The molecule has 0 unspecified atom stereocenters. The molecule has 0 spiro atoms. The Morgan fingerprint density at radius 2 is 1.93 bits per heavy atom. The molecule has 0 aromatic heterocycles. The van der Waals surface area contributed by atoms with E-state index in [0.717, 1.165) is 5.69 Å². The monoisotopic (exact) mass is 399 g/mol. The number of anilines is 1. The molecule has 1 amide bonds. The fourth-order valence-electron chi connectivity index (χ4n) is 3.30. The summed E-state index contributed by atoms with van der Waals surface area (Å²) in [5, 5.41) is 3.61. The zero-order valence-corrected chi connectivity index (χ0v) is 17.0. The third kappa shape index (κ3) is 3.57. The minimum Gasteiger partial charge on any atom is -0.495 e. The lowest BCUT2D eigenvalue weighted by Gasteiger charge is -2.39. The lowest BCUT2D eigenvalue weighted by atomic mass is 9.93. The van der Waals surface area contributed by atoms with Crippen molar-refractivity contribution in [1.82, 2.24) is 10.2 Å².